The van der Waals surface area contributed by atoms with Crippen LogP contribution in [0.4, 0.5) is 19.0 Å². The summed E-state index contributed by atoms with van der Waals surface area (Å²) in [6.07, 6.45) is 2.58. The number of fused-ring (bicyclic) bond motifs is 1. The Hall–Kier alpha value is -3.23. The van der Waals surface area contributed by atoms with Gasteiger partial charge in [-0.3, -0.25) is 4.79 Å². The number of anilines is 1. The number of hydrogen-bond acceptors (Lipinski definition) is 9. The fourth-order valence-corrected chi connectivity index (χ4v) is 6.36. The Kier molecular flexibility index (Phi) is 8.16. The number of pyridine rings is 1. The molecule has 40 heavy (non-hydrogen) atoms. The molecule has 14 heteroatoms. The average Bonchev–Trinajstić information content (AvgIpc) is 2.93. The molecular weight excluding hydrogens is 553 g/mol. The Morgan fingerprint density at radius 1 is 1.27 bits per heavy atom. The molecule has 4 rings (SSSR count). The van der Waals surface area contributed by atoms with Crippen LogP contribution in [0.5, 0.6) is 5.88 Å². The van der Waals surface area contributed by atoms with Gasteiger partial charge >= 0.3 is 0 Å². The summed E-state index contributed by atoms with van der Waals surface area (Å²) in [6, 6.07) is 4.21. The SMILES string of the molecule is COc1nc2c(=O)[nH]nc(N[C@H](C)c3cccc(C(F)(F)CO)c3F)c2cc1C1(OC)CCC(S(C)(=O)=O)CC1. The first-order valence-electron chi connectivity index (χ1n) is 12.5. The monoisotopic (exact) mass is 584 g/mol. The molecule has 2 heterocycles. The second-order valence-corrected chi connectivity index (χ2v) is 12.3. The van der Waals surface area contributed by atoms with Crippen LogP contribution in [-0.2, 0) is 26.1 Å². The molecule has 0 aliphatic heterocycles. The van der Waals surface area contributed by atoms with Crippen molar-refractivity contribution in [2.75, 3.05) is 32.4 Å². The number of nitrogens with one attached hydrogen (secondary N) is 2. The van der Waals surface area contributed by atoms with E-state index in [0.717, 1.165) is 6.07 Å². The summed E-state index contributed by atoms with van der Waals surface area (Å²) in [4.78, 5) is 17.1. The molecule has 0 bridgehead atoms. The highest BCUT2D eigenvalue weighted by Crippen LogP contribution is 2.46. The zero-order valence-corrected chi connectivity index (χ0v) is 23.2. The van der Waals surface area contributed by atoms with E-state index in [2.05, 4.69) is 20.5 Å². The van der Waals surface area contributed by atoms with E-state index in [-0.39, 0.29) is 28.2 Å². The van der Waals surface area contributed by atoms with E-state index >= 15 is 4.39 Å². The minimum absolute atomic E-state index is 0.0394. The van der Waals surface area contributed by atoms with Gasteiger partial charge in [-0.15, -0.1) is 0 Å². The summed E-state index contributed by atoms with van der Waals surface area (Å²) >= 11 is 0. The van der Waals surface area contributed by atoms with E-state index in [0.29, 0.717) is 31.2 Å². The molecule has 0 unspecified atom stereocenters. The van der Waals surface area contributed by atoms with Gasteiger partial charge in [0.1, 0.15) is 27.8 Å². The third-order valence-corrected chi connectivity index (χ3v) is 9.27. The molecule has 1 aromatic carbocycles. The topological polar surface area (TPSA) is 144 Å². The van der Waals surface area contributed by atoms with Crippen LogP contribution in [0.1, 0.15) is 55.3 Å². The summed E-state index contributed by atoms with van der Waals surface area (Å²) in [5.74, 6) is -4.75. The lowest BCUT2D eigenvalue weighted by Crippen LogP contribution is -2.38. The highest BCUT2D eigenvalue weighted by atomic mass is 32.2. The molecule has 1 saturated carbocycles. The summed E-state index contributed by atoms with van der Waals surface area (Å²) in [6.45, 7) is -0.0252. The Balaban J connectivity index is 1.79. The number of H-pyrrole nitrogens is 1. The van der Waals surface area contributed by atoms with Gasteiger partial charge in [0.25, 0.3) is 11.5 Å². The van der Waals surface area contributed by atoms with Gasteiger partial charge in [-0.2, -0.15) is 13.9 Å². The lowest BCUT2D eigenvalue weighted by atomic mass is 9.79. The zero-order valence-electron chi connectivity index (χ0n) is 22.4. The van der Waals surface area contributed by atoms with Crippen molar-refractivity contribution in [1.29, 1.82) is 0 Å². The molecule has 0 radical (unpaired) electrons. The summed E-state index contributed by atoms with van der Waals surface area (Å²) in [5, 5.41) is 18.1. The van der Waals surface area contributed by atoms with Gasteiger partial charge in [-0.1, -0.05) is 12.1 Å². The molecule has 1 aliphatic carbocycles. The van der Waals surface area contributed by atoms with Gasteiger partial charge in [-0.05, 0) is 44.7 Å². The van der Waals surface area contributed by atoms with Crippen LogP contribution in [0.25, 0.3) is 10.9 Å². The van der Waals surface area contributed by atoms with Crippen LogP contribution < -0.4 is 15.6 Å². The lowest BCUT2D eigenvalue weighted by Gasteiger charge is -2.39. The Bertz CT molecular complexity index is 1570. The molecule has 0 saturated heterocycles. The highest BCUT2D eigenvalue weighted by Gasteiger charge is 2.42. The molecule has 1 atom stereocenters. The molecule has 0 amide bonds. The van der Waals surface area contributed by atoms with E-state index in [1.54, 1.807) is 6.07 Å². The maximum Gasteiger partial charge on any atom is 0.298 e. The van der Waals surface area contributed by atoms with Crippen LogP contribution in [0.15, 0.2) is 29.1 Å². The zero-order chi connectivity index (χ0) is 29.5. The highest BCUT2D eigenvalue weighted by molar-refractivity contribution is 7.91. The number of aliphatic hydroxyl groups excluding tert-OH is 1. The number of ether oxygens (including phenoxy) is 2. The number of methoxy groups -OCH3 is 2. The fraction of sp³-hybridized carbons (Fsp3) is 0.500. The molecule has 10 nitrogen and oxygen atoms in total. The van der Waals surface area contributed by atoms with E-state index in [1.165, 1.54) is 39.5 Å². The largest absolute Gasteiger partial charge is 0.481 e. The second-order valence-electron chi connectivity index (χ2n) is 10.0. The van der Waals surface area contributed by atoms with Crippen LogP contribution in [0.3, 0.4) is 0 Å². The van der Waals surface area contributed by atoms with Crippen molar-refractivity contribution in [3.05, 3.63) is 57.1 Å². The predicted molar refractivity (Wildman–Crippen MR) is 142 cm³/mol. The minimum Gasteiger partial charge on any atom is -0.481 e. The Morgan fingerprint density at radius 2 is 1.95 bits per heavy atom. The molecule has 0 spiro atoms. The van der Waals surface area contributed by atoms with Crippen molar-refractivity contribution < 1.29 is 36.2 Å². The van der Waals surface area contributed by atoms with Gasteiger partial charge < -0.3 is 19.9 Å². The number of sulfone groups is 1. The van der Waals surface area contributed by atoms with Crippen LogP contribution in [0, 0.1) is 5.82 Å². The number of rotatable bonds is 9. The van der Waals surface area contributed by atoms with Crippen LogP contribution >= 0.6 is 0 Å². The standard InChI is InChI=1S/C26H31F3N4O6S/c1-14(16-6-5-7-18(20(16)27)26(28,29)13-34)30-22-17-12-19(24(38-2)31-21(17)23(35)33-32-22)25(39-3)10-8-15(9-11-25)40(4,36)37/h5-7,12,14-15,34H,8-11,13H2,1-4H3,(H,30,32)(H,33,35)/t14-,15?,25?/m1/s1. The maximum atomic E-state index is 15.1. The third kappa shape index (κ3) is 5.39. The first-order chi connectivity index (χ1) is 18.8. The second kappa shape index (κ2) is 11.0. The van der Waals surface area contributed by atoms with Gasteiger partial charge in [0.15, 0.2) is 5.82 Å². The minimum atomic E-state index is -3.78. The third-order valence-electron chi connectivity index (χ3n) is 7.59. The number of aromatic nitrogens is 3. The summed E-state index contributed by atoms with van der Waals surface area (Å²) < 4.78 is 79.0. The Morgan fingerprint density at radius 3 is 2.52 bits per heavy atom. The quantitative estimate of drug-likeness (QED) is 0.344. The van der Waals surface area contributed by atoms with Crippen LogP contribution in [0.2, 0.25) is 0 Å². The summed E-state index contributed by atoms with van der Waals surface area (Å²) in [7, 11) is -0.360. The van der Waals surface area contributed by atoms with Gasteiger partial charge in [-0.25, -0.2) is 22.9 Å². The molecule has 2 aromatic heterocycles. The number of nitrogens with zero attached hydrogens (tertiary/aromatic N) is 2. The van der Waals surface area contributed by atoms with Gasteiger partial charge in [0.2, 0.25) is 5.88 Å². The number of aliphatic hydroxyl groups is 1. The number of benzene rings is 1. The molecule has 1 fully saturated rings. The smallest absolute Gasteiger partial charge is 0.298 e. The molecular formula is C26H31F3N4O6S. The maximum absolute atomic E-state index is 15.1. The van der Waals surface area contributed by atoms with Gasteiger partial charge in [0.05, 0.1) is 35.0 Å². The average molecular weight is 585 g/mol. The molecule has 3 N–H and O–H groups in total. The van der Waals surface area contributed by atoms with E-state index in [9.17, 15) is 22.0 Å². The number of alkyl halides is 2. The number of hydrogen-bond donors (Lipinski definition) is 3. The normalized spacial score (nSPS) is 20.9. The van der Waals surface area contributed by atoms with Crippen molar-refractivity contribution in [1.82, 2.24) is 15.2 Å². The summed E-state index contributed by atoms with van der Waals surface area (Å²) in [5.41, 5.74) is -2.20. The van der Waals surface area contributed by atoms with Gasteiger partial charge in [0, 0.05) is 24.5 Å². The Labute approximate surface area is 228 Å². The van der Waals surface area contributed by atoms with E-state index < -0.39 is 56.2 Å². The van der Waals surface area contributed by atoms with Crippen molar-refractivity contribution >= 4 is 26.6 Å². The first kappa shape index (κ1) is 29.7. The number of halogens is 3. The predicted octanol–water partition coefficient (Wildman–Crippen LogP) is 3.55. The number of aromatic amines is 1. The van der Waals surface area contributed by atoms with Crippen molar-refractivity contribution in [2.45, 2.75) is 55.4 Å². The molecule has 1 aliphatic rings. The molecule has 218 valence electrons. The van der Waals surface area contributed by atoms with Crippen LogP contribution in [-0.4, -0.2) is 61.0 Å². The fourth-order valence-electron chi connectivity index (χ4n) is 5.27. The van der Waals surface area contributed by atoms with Crippen molar-refractivity contribution in [3.63, 3.8) is 0 Å². The first-order valence-corrected chi connectivity index (χ1v) is 14.5. The van der Waals surface area contributed by atoms with Crippen molar-refractivity contribution in [2.24, 2.45) is 0 Å². The van der Waals surface area contributed by atoms with E-state index in [4.69, 9.17) is 14.6 Å². The lowest BCUT2D eigenvalue weighted by molar-refractivity contribution is -0.0584. The molecule has 3 aromatic rings. The van der Waals surface area contributed by atoms with Crippen molar-refractivity contribution in [3.8, 4) is 5.88 Å². The van der Waals surface area contributed by atoms with E-state index in [1.807, 2.05) is 0 Å².